The minimum atomic E-state index is -0.167. The third-order valence-corrected chi connectivity index (χ3v) is 9.15. The summed E-state index contributed by atoms with van der Waals surface area (Å²) < 4.78 is 5.53. The van der Waals surface area contributed by atoms with Crippen molar-refractivity contribution in [3.05, 3.63) is 23.0 Å². The fourth-order valence-corrected chi connectivity index (χ4v) is 7.72. The molecule has 0 aromatic rings. The van der Waals surface area contributed by atoms with E-state index in [1.165, 1.54) is 58.3 Å². The molecular formula is C25H38O2. The normalized spacial score (nSPS) is 43.5. The number of fused-ring (bicyclic) bond motifs is 4. The van der Waals surface area contributed by atoms with Gasteiger partial charge in [0, 0.05) is 13.3 Å². The number of carbonyl (C=O) groups excluding carboxylic acids is 1. The first-order valence-corrected chi connectivity index (χ1v) is 11.4. The van der Waals surface area contributed by atoms with Crippen LogP contribution in [0.2, 0.25) is 0 Å². The number of hydrogen-bond acceptors (Lipinski definition) is 2. The lowest BCUT2D eigenvalue weighted by Gasteiger charge is -2.58. The molecule has 0 aliphatic heterocycles. The Kier molecular flexibility index (Phi) is 4.84. The van der Waals surface area contributed by atoms with Crippen molar-refractivity contribution < 1.29 is 9.53 Å². The predicted molar refractivity (Wildman–Crippen MR) is 110 cm³/mol. The topological polar surface area (TPSA) is 26.3 Å². The number of esters is 1. The van der Waals surface area contributed by atoms with Gasteiger partial charge in [-0.3, -0.25) is 4.79 Å². The Labute approximate surface area is 165 Å². The zero-order chi connectivity index (χ0) is 19.4. The molecule has 0 amide bonds. The van der Waals surface area contributed by atoms with E-state index in [0.717, 1.165) is 24.0 Å². The van der Waals surface area contributed by atoms with E-state index in [9.17, 15) is 4.79 Å². The zero-order valence-electron chi connectivity index (χ0n) is 18.1. The minimum Gasteiger partial charge on any atom is -0.432 e. The van der Waals surface area contributed by atoms with Gasteiger partial charge in [-0.2, -0.15) is 0 Å². The van der Waals surface area contributed by atoms with Crippen LogP contribution in [0, 0.1) is 34.5 Å². The molecule has 0 aromatic carbocycles. The molecule has 0 heterocycles. The molecular weight excluding hydrogens is 332 g/mol. The van der Waals surface area contributed by atoms with Crippen LogP contribution in [0.1, 0.15) is 92.4 Å². The van der Waals surface area contributed by atoms with Crippen molar-refractivity contribution in [1.29, 1.82) is 0 Å². The van der Waals surface area contributed by atoms with Gasteiger partial charge in [0.15, 0.2) is 0 Å². The Hall–Kier alpha value is -1.05. The molecule has 1 fully saturated rings. The third-order valence-electron chi connectivity index (χ3n) is 9.15. The number of allylic oxidation sites excluding steroid dienone is 4. The summed E-state index contributed by atoms with van der Waals surface area (Å²) in [6.07, 6.45) is 14.0. The van der Waals surface area contributed by atoms with E-state index in [1.54, 1.807) is 0 Å². The number of ether oxygens (including phenoxy) is 1. The molecule has 2 nitrogen and oxygen atoms in total. The molecule has 1 saturated carbocycles. The van der Waals surface area contributed by atoms with E-state index in [-0.39, 0.29) is 5.97 Å². The molecule has 6 atom stereocenters. The second-order valence-corrected chi connectivity index (χ2v) is 10.4. The van der Waals surface area contributed by atoms with Gasteiger partial charge in [-0.25, -0.2) is 0 Å². The lowest BCUT2D eigenvalue weighted by atomic mass is 9.47. The summed E-state index contributed by atoms with van der Waals surface area (Å²) in [6, 6.07) is 0. The molecule has 4 aliphatic rings. The van der Waals surface area contributed by atoms with E-state index in [2.05, 4.69) is 33.8 Å². The Bertz CT molecular complexity index is 686. The van der Waals surface area contributed by atoms with Crippen molar-refractivity contribution >= 4 is 5.97 Å². The van der Waals surface area contributed by atoms with Crippen LogP contribution in [0.4, 0.5) is 0 Å². The van der Waals surface area contributed by atoms with Gasteiger partial charge in [0.25, 0.3) is 0 Å². The third kappa shape index (κ3) is 2.93. The first-order valence-electron chi connectivity index (χ1n) is 11.4. The maximum absolute atomic E-state index is 11.5. The summed E-state index contributed by atoms with van der Waals surface area (Å²) >= 11 is 0. The molecule has 0 saturated heterocycles. The molecule has 2 heteroatoms. The van der Waals surface area contributed by atoms with Crippen molar-refractivity contribution in [3.63, 3.8) is 0 Å². The standard InChI is InChI=1S/C25H38O2/c1-6-12-24(4)13-11-21-20-8-7-18-15-19(27-17(3)26)14-16(2)25(18,5)23(20)10-9-22(21)24/h14,16,18,20,23H,6-13,15H2,1-5H3/t16-,18-,20-,23-,24+,25-/m0/s1. The highest BCUT2D eigenvalue weighted by Crippen LogP contribution is 2.65. The van der Waals surface area contributed by atoms with E-state index in [0.29, 0.717) is 22.7 Å². The summed E-state index contributed by atoms with van der Waals surface area (Å²) in [5, 5.41) is 0. The maximum Gasteiger partial charge on any atom is 0.307 e. The van der Waals surface area contributed by atoms with Gasteiger partial charge in [-0.05, 0) is 85.5 Å². The number of carbonyl (C=O) groups is 1. The summed E-state index contributed by atoms with van der Waals surface area (Å²) in [5.41, 5.74) is 4.60. The van der Waals surface area contributed by atoms with Crippen LogP contribution >= 0.6 is 0 Å². The van der Waals surface area contributed by atoms with Gasteiger partial charge in [-0.15, -0.1) is 0 Å². The SMILES string of the molecule is CCC[C@]1(C)CCC2=C1CC[C@H]1[C@H]2CC[C@H]2CC(OC(C)=O)=C[C@H](C)[C@@]21C. The highest BCUT2D eigenvalue weighted by Gasteiger charge is 2.56. The van der Waals surface area contributed by atoms with Crippen LogP contribution < -0.4 is 0 Å². The highest BCUT2D eigenvalue weighted by molar-refractivity contribution is 5.67. The molecule has 0 radical (unpaired) electrons. The van der Waals surface area contributed by atoms with E-state index in [4.69, 9.17) is 4.74 Å². The lowest BCUT2D eigenvalue weighted by molar-refractivity contribution is -0.138. The molecule has 0 N–H and O–H groups in total. The van der Waals surface area contributed by atoms with E-state index >= 15 is 0 Å². The summed E-state index contributed by atoms with van der Waals surface area (Å²) in [4.78, 5) is 11.5. The van der Waals surface area contributed by atoms with Crippen molar-refractivity contribution in [1.82, 2.24) is 0 Å². The molecule has 0 unspecified atom stereocenters. The fourth-order valence-electron chi connectivity index (χ4n) is 7.72. The maximum atomic E-state index is 11.5. The van der Waals surface area contributed by atoms with Crippen molar-refractivity contribution in [3.8, 4) is 0 Å². The van der Waals surface area contributed by atoms with Gasteiger partial charge < -0.3 is 4.74 Å². The number of hydrogen-bond donors (Lipinski definition) is 0. The minimum absolute atomic E-state index is 0.167. The Morgan fingerprint density at radius 1 is 1.22 bits per heavy atom. The molecule has 4 aliphatic carbocycles. The van der Waals surface area contributed by atoms with Gasteiger partial charge in [-0.1, -0.05) is 45.3 Å². The predicted octanol–water partition coefficient (Wildman–Crippen LogP) is 6.81. The Morgan fingerprint density at radius 3 is 2.70 bits per heavy atom. The highest BCUT2D eigenvalue weighted by atomic mass is 16.5. The van der Waals surface area contributed by atoms with Gasteiger partial charge in [0.1, 0.15) is 5.76 Å². The van der Waals surface area contributed by atoms with Gasteiger partial charge in [0.05, 0.1) is 0 Å². The molecule has 150 valence electrons. The monoisotopic (exact) mass is 370 g/mol. The Morgan fingerprint density at radius 2 is 2.00 bits per heavy atom. The zero-order valence-corrected chi connectivity index (χ0v) is 18.1. The lowest BCUT2D eigenvalue weighted by Crippen LogP contribution is -2.50. The van der Waals surface area contributed by atoms with Gasteiger partial charge in [0.2, 0.25) is 0 Å². The molecule has 0 spiro atoms. The summed E-state index contributed by atoms with van der Waals surface area (Å²) in [7, 11) is 0. The fraction of sp³-hybridized carbons (Fsp3) is 0.800. The van der Waals surface area contributed by atoms with Crippen LogP contribution in [-0.4, -0.2) is 5.97 Å². The van der Waals surface area contributed by atoms with Crippen molar-refractivity contribution in [2.75, 3.05) is 0 Å². The second kappa shape index (κ2) is 6.78. The first kappa shape index (κ1) is 19.3. The van der Waals surface area contributed by atoms with Crippen molar-refractivity contribution in [2.45, 2.75) is 92.4 Å². The van der Waals surface area contributed by atoms with Crippen molar-refractivity contribution in [2.24, 2.45) is 34.5 Å². The van der Waals surface area contributed by atoms with Crippen LogP contribution in [0.5, 0.6) is 0 Å². The first-order chi connectivity index (χ1) is 12.8. The molecule has 27 heavy (non-hydrogen) atoms. The van der Waals surface area contributed by atoms with E-state index in [1.807, 2.05) is 11.1 Å². The average Bonchev–Trinajstić information content (AvgIpc) is 2.93. The van der Waals surface area contributed by atoms with Crippen LogP contribution in [0.25, 0.3) is 0 Å². The molecule has 4 rings (SSSR count). The summed E-state index contributed by atoms with van der Waals surface area (Å²) in [5.74, 6) is 3.55. The van der Waals surface area contributed by atoms with Crippen LogP contribution in [0.15, 0.2) is 23.0 Å². The van der Waals surface area contributed by atoms with Crippen LogP contribution in [0.3, 0.4) is 0 Å². The Balaban J connectivity index is 1.64. The summed E-state index contributed by atoms with van der Waals surface area (Å²) in [6.45, 7) is 11.4. The second-order valence-electron chi connectivity index (χ2n) is 10.4. The van der Waals surface area contributed by atoms with E-state index < -0.39 is 0 Å². The van der Waals surface area contributed by atoms with Crippen LogP contribution in [-0.2, 0) is 9.53 Å². The molecule has 0 aromatic heterocycles. The number of rotatable bonds is 3. The average molecular weight is 371 g/mol. The smallest absolute Gasteiger partial charge is 0.307 e. The molecule has 0 bridgehead atoms. The largest absolute Gasteiger partial charge is 0.432 e. The van der Waals surface area contributed by atoms with Gasteiger partial charge >= 0.3 is 5.97 Å². The quantitative estimate of drug-likeness (QED) is 0.403.